The molecule has 7 heteroatoms. The topological polar surface area (TPSA) is 109 Å². The lowest BCUT2D eigenvalue weighted by atomic mass is 10.00. The molecule has 178 valence electrons. The van der Waals surface area contributed by atoms with Gasteiger partial charge in [-0.15, -0.1) is 0 Å². The van der Waals surface area contributed by atoms with Crippen molar-refractivity contribution in [2.24, 2.45) is 0 Å². The van der Waals surface area contributed by atoms with E-state index in [0.717, 1.165) is 49.0 Å². The Balaban J connectivity index is 1.91. The highest BCUT2D eigenvalue weighted by Gasteiger charge is 2.08. The van der Waals surface area contributed by atoms with Crippen molar-refractivity contribution in [3.63, 3.8) is 0 Å². The van der Waals surface area contributed by atoms with Crippen molar-refractivity contribution in [2.45, 2.75) is 38.5 Å². The number of benzene rings is 2. The van der Waals surface area contributed by atoms with Crippen LogP contribution < -0.4 is 14.2 Å². The highest BCUT2D eigenvalue weighted by Crippen LogP contribution is 2.29. The highest BCUT2D eigenvalue weighted by atomic mass is 16.5. The van der Waals surface area contributed by atoms with Gasteiger partial charge in [-0.05, 0) is 73.4 Å². The molecule has 0 atom stereocenters. The standard InChI is InChI=1S/C25H36O7/c26-11-3-6-22-18-20(7-9-23(22)30-15-12-27)4-1-2-5-21-8-10-24(31-16-13-28)25(19-21)32-17-14-29/h7-10,18-19,26-29H,1-6,11-17H2. The van der Waals surface area contributed by atoms with Crippen LogP contribution in [0.2, 0.25) is 0 Å². The normalized spacial score (nSPS) is 10.9. The van der Waals surface area contributed by atoms with Crippen LogP contribution in [-0.4, -0.2) is 66.7 Å². The largest absolute Gasteiger partial charge is 0.491 e. The maximum atomic E-state index is 9.15. The van der Waals surface area contributed by atoms with E-state index < -0.39 is 0 Å². The van der Waals surface area contributed by atoms with Gasteiger partial charge in [-0.25, -0.2) is 0 Å². The molecule has 0 bridgehead atoms. The Hall–Kier alpha value is -2.32. The van der Waals surface area contributed by atoms with Crippen molar-refractivity contribution in [2.75, 3.05) is 46.2 Å². The Morgan fingerprint density at radius 2 is 1.03 bits per heavy atom. The zero-order valence-electron chi connectivity index (χ0n) is 18.7. The van der Waals surface area contributed by atoms with Crippen LogP contribution in [0, 0.1) is 0 Å². The number of hydrogen-bond acceptors (Lipinski definition) is 7. The second-order valence-electron chi connectivity index (χ2n) is 7.47. The van der Waals surface area contributed by atoms with Crippen LogP contribution in [-0.2, 0) is 19.3 Å². The number of hydrogen-bond donors (Lipinski definition) is 4. The maximum Gasteiger partial charge on any atom is 0.161 e. The summed E-state index contributed by atoms with van der Waals surface area (Å²) in [5.74, 6) is 1.92. The molecule has 0 saturated carbocycles. The van der Waals surface area contributed by atoms with Crippen LogP contribution in [0.25, 0.3) is 0 Å². The van der Waals surface area contributed by atoms with Gasteiger partial charge < -0.3 is 34.6 Å². The summed E-state index contributed by atoms with van der Waals surface area (Å²) in [7, 11) is 0. The Bertz CT molecular complexity index is 713. The molecule has 0 unspecified atom stereocenters. The van der Waals surface area contributed by atoms with Crippen LogP contribution in [0.3, 0.4) is 0 Å². The monoisotopic (exact) mass is 448 g/mol. The summed E-state index contributed by atoms with van der Waals surface area (Å²) < 4.78 is 16.7. The molecule has 32 heavy (non-hydrogen) atoms. The Morgan fingerprint density at radius 1 is 0.500 bits per heavy atom. The average Bonchev–Trinajstić information content (AvgIpc) is 2.82. The predicted molar refractivity (Wildman–Crippen MR) is 123 cm³/mol. The zero-order valence-corrected chi connectivity index (χ0v) is 18.7. The van der Waals surface area contributed by atoms with Crippen molar-refractivity contribution in [1.29, 1.82) is 0 Å². The highest BCUT2D eigenvalue weighted by molar-refractivity contribution is 5.43. The van der Waals surface area contributed by atoms with Crippen molar-refractivity contribution in [3.8, 4) is 17.2 Å². The summed E-state index contributed by atoms with van der Waals surface area (Å²) in [4.78, 5) is 0. The molecule has 2 aromatic carbocycles. The number of aryl methyl sites for hydroxylation is 3. The fraction of sp³-hybridized carbons (Fsp3) is 0.520. The summed E-state index contributed by atoms with van der Waals surface area (Å²) in [5.41, 5.74) is 3.42. The smallest absolute Gasteiger partial charge is 0.161 e. The number of rotatable bonds is 17. The molecule has 0 radical (unpaired) electrons. The van der Waals surface area contributed by atoms with Gasteiger partial charge >= 0.3 is 0 Å². The quantitative estimate of drug-likeness (QED) is 0.275. The number of ether oxygens (including phenoxy) is 3. The molecule has 0 spiro atoms. The van der Waals surface area contributed by atoms with Gasteiger partial charge in [0.05, 0.1) is 19.8 Å². The van der Waals surface area contributed by atoms with Crippen LogP contribution in [0.15, 0.2) is 36.4 Å². The minimum Gasteiger partial charge on any atom is -0.491 e. The fourth-order valence-corrected chi connectivity index (χ4v) is 3.46. The lowest BCUT2D eigenvalue weighted by Crippen LogP contribution is -2.07. The Labute approximate surface area is 190 Å². The molecule has 0 aliphatic rings. The number of aliphatic hydroxyl groups excluding tert-OH is 4. The average molecular weight is 449 g/mol. The van der Waals surface area contributed by atoms with Crippen LogP contribution >= 0.6 is 0 Å². The maximum absolute atomic E-state index is 9.15. The van der Waals surface area contributed by atoms with Gasteiger partial charge in [0.2, 0.25) is 0 Å². The zero-order chi connectivity index (χ0) is 23.0. The van der Waals surface area contributed by atoms with Gasteiger partial charge in [-0.3, -0.25) is 0 Å². The van der Waals surface area contributed by atoms with E-state index in [1.54, 1.807) is 0 Å². The first-order valence-electron chi connectivity index (χ1n) is 11.3. The van der Waals surface area contributed by atoms with Crippen LogP contribution in [0.5, 0.6) is 17.2 Å². The van der Waals surface area contributed by atoms with Gasteiger partial charge in [0.25, 0.3) is 0 Å². The Morgan fingerprint density at radius 3 is 1.62 bits per heavy atom. The van der Waals surface area contributed by atoms with E-state index in [2.05, 4.69) is 12.1 Å². The molecule has 0 amide bonds. The molecule has 0 fully saturated rings. The Kier molecular flexibility index (Phi) is 12.5. The second-order valence-corrected chi connectivity index (χ2v) is 7.47. The van der Waals surface area contributed by atoms with Gasteiger partial charge in [0, 0.05) is 6.61 Å². The van der Waals surface area contributed by atoms with E-state index in [1.165, 1.54) is 5.56 Å². The van der Waals surface area contributed by atoms with Gasteiger partial charge in [0.1, 0.15) is 25.6 Å². The summed E-state index contributed by atoms with van der Waals surface area (Å²) in [6.45, 7) is 0.610. The molecule has 0 aliphatic heterocycles. The van der Waals surface area contributed by atoms with E-state index in [0.29, 0.717) is 17.9 Å². The number of unbranched alkanes of at least 4 members (excludes halogenated alkanes) is 1. The summed E-state index contributed by atoms with van der Waals surface area (Å²) >= 11 is 0. The van der Waals surface area contributed by atoms with E-state index in [1.807, 2.05) is 24.3 Å². The predicted octanol–water partition coefficient (Wildman–Crippen LogP) is 2.29. The van der Waals surface area contributed by atoms with E-state index in [4.69, 9.17) is 34.6 Å². The third-order valence-electron chi connectivity index (χ3n) is 4.96. The molecule has 7 nitrogen and oxygen atoms in total. The molecule has 0 aliphatic carbocycles. The van der Waals surface area contributed by atoms with E-state index in [9.17, 15) is 0 Å². The first kappa shape index (κ1) is 25.9. The van der Waals surface area contributed by atoms with Gasteiger partial charge in [-0.2, -0.15) is 0 Å². The molecule has 2 aromatic rings. The molecular weight excluding hydrogens is 412 g/mol. The summed E-state index contributed by atoms with van der Waals surface area (Å²) in [6, 6.07) is 11.9. The molecule has 0 aromatic heterocycles. The summed E-state index contributed by atoms with van der Waals surface area (Å²) in [6.07, 6.45) is 5.28. The molecule has 2 rings (SSSR count). The fourth-order valence-electron chi connectivity index (χ4n) is 3.46. The lowest BCUT2D eigenvalue weighted by molar-refractivity contribution is 0.178. The number of aliphatic hydroxyl groups is 4. The van der Waals surface area contributed by atoms with Crippen molar-refractivity contribution >= 4 is 0 Å². The van der Waals surface area contributed by atoms with E-state index in [-0.39, 0.29) is 46.2 Å². The molecule has 0 heterocycles. The molecule has 0 saturated heterocycles. The summed E-state index contributed by atoms with van der Waals surface area (Å²) in [5, 5.41) is 36.2. The van der Waals surface area contributed by atoms with Crippen LogP contribution in [0.1, 0.15) is 36.0 Å². The van der Waals surface area contributed by atoms with Crippen molar-refractivity contribution in [3.05, 3.63) is 53.1 Å². The van der Waals surface area contributed by atoms with E-state index >= 15 is 0 Å². The van der Waals surface area contributed by atoms with Gasteiger partial charge in [0.15, 0.2) is 11.5 Å². The van der Waals surface area contributed by atoms with Crippen molar-refractivity contribution in [1.82, 2.24) is 0 Å². The second kappa shape index (κ2) is 15.5. The van der Waals surface area contributed by atoms with Crippen LogP contribution in [0.4, 0.5) is 0 Å². The minimum atomic E-state index is -0.0756. The molecular formula is C25H36O7. The first-order chi connectivity index (χ1) is 15.7. The molecule has 4 N–H and O–H groups in total. The third kappa shape index (κ3) is 9.04. The third-order valence-corrected chi connectivity index (χ3v) is 4.96. The first-order valence-corrected chi connectivity index (χ1v) is 11.3. The lowest BCUT2D eigenvalue weighted by Gasteiger charge is -2.14. The van der Waals surface area contributed by atoms with Gasteiger partial charge in [-0.1, -0.05) is 18.2 Å². The minimum absolute atomic E-state index is 0.0253. The SMILES string of the molecule is OCCCc1cc(CCCCc2ccc(OCCO)c(OCCO)c2)ccc1OCCO. The van der Waals surface area contributed by atoms with Crippen molar-refractivity contribution < 1.29 is 34.6 Å².